The number of esters is 1. The maximum absolute atomic E-state index is 11.2. The van der Waals surface area contributed by atoms with E-state index in [-0.39, 0.29) is 11.9 Å². The van der Waals surface area contributed by atoms with E-state index in [9.17, 15) is 4.79 Å². The molecule has 0 aromatic rings. The van der Waals surface area contributed by atoms with Crippen molar-refractivity contribution in [1.82, 2.24) is 0 Å². The van der Waals surface area contributed by atoms with Gasteiger partial charge in [-0.2, -0.15) is 0 Å². The highest BCUT2D eigenvalue weighted by Crippen LogP contribution is 2.19. The van der Waals surface area contributed by atoms with E-state index < -0.39 is 0 Å². The lowest BCUT2D eigenvalue weighted by atomic mass is 9.91. The van der Waals surface area contributed by atoms with Gasteiger partial charge in [-0.1, -0.05) is 33.6 Å². The summed E-state index contributed by atoms with van der Waals surface area (Å²) in [6, 6.07) is 0. The summed E-state index contributed by atoms with van der Waals surface area (Å²) in [7, 11) is 1.46. The fourth-order valence-corrected chi connectivity index (χ4v) is 1.30. The zero-order valence-corrected chi connectivity index (χ0v) is 8.59. The summed E-state index contributed by atoms with van der Waals surface area (Å²) in [5.41, 5.74) is 0. The molecular formula is C10H20O2. The van der Waals surface area contributed by atoms with Gasteiger partial charge in [-0.15, -0.1) is 0 Å². The number of rotatable bonds is 5. The fraction of sp³-hybridized carbons (Fsp3) is 0.900. The molecule has 0 aromatic heterocycles. The van der Waals surface area contributed by atoms with Crippen LogP contribution in [0.15, 0.2) is 0 Å². The molecule has 0 bridgehead atoms. The van der Waals surface area contributed by atoms with E-state index in [1.54, 1.807) is 0 Å². The van der Waals surface area contributed by atoms with Gasteiger partial charge in [0.1, 0.15) is 0 Å². The highest BCUT2D eigenvalue weighted by Gasteiger charge is 2.21. The van der Waals surface area contributed by atoms with E-state index in [1.807, 2.05) is 0 Å². The predicted molar refractivity (Wildman–Crippen MR) is 49.9 cm³/mol. The molecule has 2 heteroatoms. The van der Waals surface area contributed by atoms with Gasteiger partial charge in [-0.25, -0.2) is 0 Å². The third kappa shape index (κ3) is 3.74. The minimum atomic E-state index is -0.0570. The molecule has 0 spiro atoms. The Morgan fingerprint density at radius 2 is 2.00 bits per heavy atom. The van der Waals surface area contributed by atoms with Crippen LogP contribution in [-0.4, -0.2) is 13.1 Å². The monoisotopic (exact) mass is 172 g/mol. The summed E-state index contributed by atoms with van der Waals surface area (Å²) >= 11 is 0. The van der Waals surface area contributed by atoms with Gasteiger partial charge in [0.2, 0.25) is 0 Å². The van der Waals surface area contributed by atoms with Crippen LogP contribution in [0.2, 0.25) is 0 Å². The largest absolute Gasteiger partial charge is 0.469 e. The Bertz CT molecular complexity index is 130. The maximum atomic E-state index is 11.2. The van der Waals surface area contributed by atoms with Crippen LogP contribution >= 0.6 is 0 Å². The zero-order chi connectivity index (χ0) is 9.56. The van der Waals surface area contributed by atoms with E-state index in [4.69, 9.17) is 4.74 Å². The van der Waals surface area contributed by atoms with E-state index in [0.717, 1.165) is 19.3 Å². The molecule has 0 aliphatic carbocycles. The number of ether oxygens (including phenoxy) is 1. The minimum absolute atomic E-state index is 0.0570. The first-order valence-electron chi connectivity index (χ1n) is 4.71. The second-order valence-corrected chi connectivity index (χ2v) is 3.52. The van der Waals surface area contributed by atoms with Crippen LogP contribution < -0.4 is 0 Å². The third-order valence-corrected chi connectivity index (χ3v) is 2.18. The smallest absolute Gasteiger partial charge is 0.308 e. The Hall–Kier alpha value is -0.530. The van der Waals surface area contributed by atoms with E-state index in [1.165, 1.54) is 7.11 Å². The van der Waals surface area contributed by atoms with Crippen LogP contribution in [0.5, 0.6) is 0 Å². The van der Waals surface area contributed by atoms with E-state index in [2.05, 4.69) is 20.8 Å². The summed E-state index contributed by atoms with van der Waals surface area (Å²) in [6.45, 7) is 6.27. The molecule has 0 saturated heterocycles. The molecule has 1 atom stereocenters. The van der Waals surface area contributed by atoms with Crippen molar-refractivity contribution >= 4 is 5.97 Å². The molecular weight excluding hydrogens is 152 g/mol. The van der Waals surface area contributed by atoms with Gasteiger partial charge in [0.05, 0.1) is 13.0 Å². The van der Waals surface area contributed by atoms with Crippen molar-refractivity contribution in [1.29, 1.82) is 0 Å². The molecule has 2 nitrogen and oxygen atoms in total. The SMILES string of the molecule is CCCCC(C(=O)OC)C(C)C. The van der Waals surface area contributed by atoms with Crippen molar-refractivity contribution in [3.05, 3.63) is 0 Å². The number of hydrogen-bond acceptors (Lipinski definition) is 2. The lowest BCUT2D eigenvalue weighted by Crippen LogP contribution is -2.21. The molecule has 1 unspecified atom stereocenters. The number of unbranched alkanes of at least 4 members (excludes halogenated alkanes) is 1. The van der Waals surface area contributed by atoms with Gasteiger partial charge in [0.25, 0.3) is 0 Å². The Morgan fingerprint density at radius 3 is 2.33 bits per heavy atom. The second-order valence-electron chi connectivity index (χ2n) is 3.52. The Labute approximate surface area is 75.3 Å². The molecule has 12 heavy (non-hydrogen) atoms. The molecule has 0 N–H and O–H groups in total. The van der Waals surface area contributed by atoms with Crippen LogP contribution in [0, 0.1) is 11.8 Å². The average Bonchev–Trinajstić information content (AvgIpc) is 2.04. The van der Waals surface area contributed by atoms with Crippen molar-refractivity contribution in [2.75, 3.05) is 7.11 Å². The zero-order valence-electron chi connectivity index (χ0n) is 8.59. The highest BCUT2D eigenvalue weighted by molar-refractivity contribution is 5.72. The Kier molecular flexibility index (Phi) is 5.77. The Balaban J connectivity index is 3.95. The first-order valence-corrected chi connectivity index (χ1v) is 4.71. The van der Waals surface area contributed by atoms with Gasteiger partial charge in [0.15, 0.2) is 0 Å². The van der Waals surface area contributed by atoms with Crippen LogP contribution in [0.25, 0.3) is 0 Å². The second kappa shape index (κ2) is 6.04. The Morgan fingerprint density at radius 1 is 1.42 bits per heavy atom. The predicted octanol–water partition coefficient (Wildman–Crippen LogP) is 2.62. The molecule has 0 fully saturated rings. The number of carbonyl (C=O) groups excluding carboxylic acids is 1. The quantitative estimate of drug-likeness (QED) is 0.596. The van der Waals surface area contributed by atoms with Crippen molar-refractivity contribution < 1.29 is 9.53 Å². The van der Waals surface area contributed by atoms with Crippen molar-refractivity contribution in [3.63, 3.8) is 0 Å². The average molecular weight is 172 g/mol. The summed E-state index contributed by atoms with van der Waals surface area (Å²) in [5, 5.41) is 0. The normalized spacial score (nSPS) is 13.1. The van der Waals surface area contributed by atoms with Gasteiger partial charge >= 0.3 is 5.97 Å². The standard InChI is InChI=1S/C10H20O2/c1-5-6-7-9(8(2)3)10(11)12-4/h8-9H,5-7H2,1-4H3. The first-order chi connectivity index (χ1) is 5.63. The molecule has 72 valence electrons. The third-order valence-electron chi connectivity index (χ3n) is 2.18. The highest BCUT2D eigenvalue weighted by atomic mass is 16.5. The molecule has 0 aliphatic rings. The summed E-state index contributed by atoms with van der Waals surface area (Å²) < 4.78 is 4.73. The molecule has 0 rings (SSSR count). The van der Waals surface area contributed by atoms with Crippen LogP contribution in [0.4, 0.5) is 0 Å². The number of hydrogen-bond donors (Lipinski definition) is 0. The molecule has 0 aliphatic heterocycles. The van der Waals surface area contributed by atoms with Crippen LogP contribution in [0.1, 0.15) is 40.0 Å². The van der Waals surface area contributed by atoms with E-state index in [0.29, 0.717) is 5.92 Å². The first kappa shape index (κ1) is 11.5. The van der Waals surface area contributed by atoms with Crippen molar-refractivity contribution in [2.45, 2.75) is 40.0 Å². The lowest BCUT2D eigenvalue weighted by molar-refractivity contribution is -0.147. The molecule has 0 heterocycles. The lowest BCUT2D eigenvalue weighted by Gasteiger charge is -2.17. The molecule has 0 saturated carbocycles. The summed E-state index contributed by atoms with van der Waals surface area (Å²) in [5.74, 6) is 0.428. The minimum Gasteiger partial charge on any atom is -0.469 e. The number of methoxy groups -OCH3 is 1. The van der Waals surface area contributed by atoms with Crippen molar-refractivity contribution in [3.8, 4) is 0 Å². The van der Waals surface area contributed by atoms with E-state index >= 15 is 0 Å². The number of carbonyl (C=O) groups is 1. The van der Waals surface area contributed by atoms with Crippen LogP contribution in [-0.2, 0) is 9.53 Å². The van der Waals surface area contributed by atoms with Gasteiger partial charge in [-0.05, 0) is 12.3 Å². The topological polar surface area (TPSA) is 26.3 Å². The van der Waals surface area contributed by atoms with Gasteiger partial charge < -0.3 is 4.74 Å². The summed E-state index contributed by atoms with van der Waals surface area (Å²) in [6.07, 6.45) is 3.21. The molecule has 0 aromatic carbocycles. The van der Waals surface area contributed by atoms with Gasteiger partial charge in [-0.3, -0.25) is 4.79 Å². The summed E-state index contributed by atoms with van der Waals surface area (Å²) in [4.78, 5) is 11.2. The fourth-order valence-electron chi connectivity index (χ4n) is 1.30. The molecule has 0 radical (unpaired) electrons. The maximum Gasteiger partial charge on any atom is 0.308 e. The van der Waals surface area contributed by atoms with Crippen molar-refractivity contribution in [2.24, 2.45) is 11.8 Å². The van der Waals surface area contributed by atoms with Gasteiger partial charge in [0, 0.05) is 0 Å². The molecule has 0 amide bonds. The van der Waals surface area contributed by atoms with Crippen LogP contribution in [0.3, 0.4) is 0 Å².